The van der Waals surface area contributed by atoms with E-state index in [4.69, 9.17) is 9.15 Å². The van der Waals surface area contributed by atoms with Gasteiger partial charge in [0.15, 0.2) is 0 Å². The van der Waals surface area contributed by atoms with Crippen molar-refractivity contribution in [3.63, 3.8) is 0 Å². The van der Waals surface area contributed by atoms with E-state index in [1.807, 2.05) is 12.1 Å². The van der Waals surface area contributed by atoms with Gasteiger partial charge in [-0.15, -0.1) is 0 Å². The lowest BCUT2D eigenvalue weighted by Crippen LogP contribution is -2.01. The van der Waals surface area contributed by atoms with Crippen LogP contribution in [0.25, 0.3) is 11.0 Å². The minimum absolute atomic E-state index is 0.313. The lowest BCUT2D eigenvalue weighted by atomic mass is 10.1. The fraction of sp³-hybridized carbons (Fsp3) is 0.267. The third-order valence-electron chi connectivity index (χ3n) is 2.69. The highest BCUT2D eigenvalue weighted by Crippen LogP contribution is 2.23. The van der Waals surface area contributed by atoms with Crippen molar-refractivity contribution in [2.24, 2.45) is 0 Å². The molecule has 0 spiro atoms. The molecule has 0 unspecified atom stereocenters. The van der Waals surface area contributed by atoms with Crippen LogP contribution in [-0.4, -0.2) is 6.61 Å². The van der Waals surface area contributed by atoms with Gasteiger partial charge >= 0.3 is 5.63 Å². The van der Waals surface area contributed by atoms with E-state index >= 15 is 0 Å². The average molecular weight is 244 g/mol. The smallest absolute Gasteiger partial charge is 0.336 e. The first-order valence-electron chi connectivity index (χ1n) is 6.05. The Morgan fingerprint density at radius 1 is 1.39 bits per heavy atom. The zero-order valence-corrected chi connectivity index (χ0v) is 10.4. The average Bonchev–Trinajstić information content (AvgIpc) is 2.36. The summed E-state index contributed by atoms with van der Waals surface area (Å²) in [6.07, 6.45) is 3.54. The Hall–Kier alpha value is -2.03. The molecule has 1 aromatic carbocycles. The topological polar surface area (TPSA) is 39.4 Å². The molecule has 0 fully saturated rings. The second kappa shape index (κ2) is 5.54. The van der Waals surface area contributed by atoms with Crippen LogP contribution in [0.15, 0.2) is 46.1 Å². The molecule has 18 heavy (non-hydrogen) atoms. The van der Waals surface area contributed by atoms with Crippen LogP contribution < -0.4 is 10.4 Å². The molecular formula is C15H16O3. The SMILES string of the molecule is C=CCOc1ccc2c(CCC)cc(=O)oc2c1. The first-order chi connectivity index (χ1) is 8.74. The van der Waals surface area contributed by atoms with Gasteiger partial charge in [0, 0.05) is 17.5 Å². The predicted molar refractivity (Wildman–Crippen MR) is 72.2 cm³/mol. The number of ether oxygens (including phenoxy) is 1. The van der Waals surface area contributed by atoms with E-state index in [1.54, 1.807) is 18.2 Å². The standard InChI is InChI=1S/C15H16O3/c1-3-5-11-9-15(16)18-14-10-12(17-8-4-2)6-7-13(11)14/h4,6-7,9-10H,2-3,5,8H2,1H3. The summed E-state index contributed by atoms with van der Waals surface area (Å²) in [5, 5.41) is 0.974. The van der Waals surface area contributed by atoms with Gasteiger partial charge in [-0.05, 0) is 24.1 Å². The molecule has 0 saturated heterocycles. The zero-order valence-electron chi connectivity index (χ0n) is 10.4. The van der Waals surface area contributed by atoms with E-state index in [9.17, 15) is 4.79 Å². The highest BCUT2D eigenvalue weighted by molar-refractivity contribution is 5.81. The molecule has 0 radical (unpaired) electrons. The number of aryl methyl sites for hydroxylation is 1. The van der Waals surface area contributed by atoms with E-state index in [0.29, 0.717) is 17.9 Å². The molecule has 1 heterocycles. The summed E-state index contributed by atoms with van der Waals surface area (Å²) in [4.78, 5) is 11.5. The highest BCUT2D eigenvalue weighted by atomic mass is 16.5. The number of hydrogen-bond donors (Lipinski definition) is 0. The molecule has 3 nitrogen and oxygen atoms in total. The fourth-order valence-electron chi connectivity index (χ4n) is 1.93. The van der Waals surface area contributed by atoms with Crippen molar-refractivity contribution in [1.82, 2.24) is 0 Å². The molecule has 0 amide bonds. The molecule has 0 saturated carbocycles. The van der Waals surface area contributed by atoms with E-state index in [0.717, 1.165) is 23.8 Å². The third-order valence-corrected chi connectivity index (χ3v) is 2.69. The van der Waals surface area contributed by atoms with Crippen LogP contribution in [0.5, 0.6) is 5.75 Å². The van der Waals surface area contributed by atoms with E-state index in [1.165, 1.54) is 0 Å². The summed E-state index contributed by atoms with van der Waals surface area (Å²) in [7, 11) is 0. The van der Waals surface area contributed by atoms with Crippen molar-refractivity contribution in [1.29, 1.82) is 0 Å². The molecule has 0 bridgehead atoms. The predicted octanol–water partition coefficient (Wildman–Crippen LogP) is 3.31. The third kappa shape index (κ3) is 2.62. The molecule has 0 aliphatic carbocycles. The maximum atomic E-state index is 11.5. The Morgan fingerprint density at radius 3 is 2.94 bits per heavy atom. The van der Waals surface area contributed by atoms with E-state index in [-0.39, 0.29) is 5.63 Å². The van der Waals surface area contributed by atoms with E-state index < -0.39 is 0 Å². The highest BCUT2D eigenvalue weighted by Gasteiger charge is 2.06. The number of hydrogen-bond acceptors (Lipinski definition) is 3. The zero-order chi connectivity index (χ0) is 13.0. The molecule has 0 aliphatic heterocycles. The lowest BCUT2D eigenvalue weighted by Gasteiger charge is -2.07. The quantitative estimate of drug-likeness (QED) is 0.598. The summed E-state index contributed by atoms with van der Waals surface area (Å²) in [6.45, 7) is 6.11. The molecule has 0 atom stereocenters. The van der Waals surface area contributed by atoms with Crippen LogP contribution in [0.4, 0.5) is 0 Å². The Balaban J connectivity index is 2.49. The van der Waals surface area contributed by atoms with Crippen LogP contribution >= 0.6 is 0 Å². The number of fused-ring (bicyclic) bond motifs is 1. The van der Waals surface area contributed by atoms with Gasteiger partial charge in [-0.3, -0.25) is 0 Å². The van der Waals surface area contributed by atoms with Crippen molar-refractivity contribution in [2.45, 2.75) is 19.8 Å². The number of benzene rings is 1. The first kappa shape index (κ1) is 12.4. The van der Waals surface area contributed by atoms with Gasteiger partial charge in [-0.25, -0.2) is 4.79 Å². The number of rotatable bonds is 5. The van der Waals surface area contributed by atoms with Crippen molar-refractivity contribution in [2.75, 3.05) is 6.61 Å². The van der Waals surface area contributed by atoms with E-state index in [2.05, 4.69) is 13.5 Å². The molecule has 2 aromatic rings. The van der Waals surface area contributed by atoms with Crippen molar-refractivity contribution >= 4 is 11.0 Å². The van der Waals surface area contributed by atoms with Gasteiger partial charge in [-0.1, -0.05) is 26.0 Å². The van der Waals surface area contributed by atoms with Gasteiger partial charge in [0.25, 0.3) is 0 Å². The van der Waals surface area contributed by atoms with Gasteiger partial charge in [0.2, 0.25) is 0 Å². The second-order valence-corrected chi connectivity index (χ2v) is 4.10. The fourth-order valence-corrected chi connectivity index (χ4v) is 1.93. The van der Waals surface area contributed by atoms with Crippen LogP contribution in [-0.2, 0) is 6.42 Å². The van der Waals surface area contributed by atoms with Crippen LogP contribution in [0.3, 0.4) is 0 Å². The van der Waals surface area contributed by atoms with Crippen LogP contribution in [0.1, 0.15) is 18.9 Å². The normalized spacial score (nSPS) is 10.5. The van der Waals surface area contributed by atoms with Gasteiger partial charge in [-0.2, -0.15) is 0 Å². The van der Waals surface area contributed by atoms with Gasteiger partial charge < -0.3 is 9.15 Å². The first-order valence-corrected chi connectivity index (χ1v) is 6.05. The monoisotopic (exact) mass is 244 g/mol. The molecule has 94 valence electrons. The van der Waals surface area contributed by atoms with Crippen LogP contribution in [0.2, 0.25) is 0 Å². The Labute approximate surface area is 106 Å². The summed E-state index contributed by atoms with van der Waals surface area (Å²) in [5.41, 5.74) is 1.29. The molecule has 2 rings (SSSR count). The maximum absolute atomic E-state index is 11.5. The largest absolute Gasteiger partial charge is 0.489 e. The van der Waals surface area contributed by atoms with Crippen molar-refractivity contribution in [3.05, 3.63) is 52.9 Å². The molecular weight excluding hydrogens is 228 g/mol. The minimum Gasteiger partial charge on any atom is -0.489 e. The molecule has 3 heteroatoms. The van der Waals surface area contributed by atoms with Crippen molar-refractivity contribution in [3.8, 4) is 5.75 Å². The Kier molecular flexibility index (Phi) is 3.82. The second-order valence-electron chi connectivity index (χ2n) is 4.10. The summed E-state index contributed by atoms with van der Waals surface area (Å²) >= 11 is 0. The summed E-state index contributed by atoms with van der Waals surface area (Å²) in [5.74, 6) is 0.680. The maximum Gasteiger partial charge on any atom is 0.336 e. The Bertz CT molecular complexity index is 611. The van der Waals surface area contributed by atoms with Gasteiger partial charge in [0.1, 0.15) is 17.9 Å². The molecule has 1 aromatic heterocycles. The Morgan fingerprint density at radius 2 is 2.22 bits per heavy atom. The minimum atomic E-state index is -0.313. The molecule has 0 aliphatic rings. The van der Waals surface area contributed by atoms with Crippen molar-refractivity contribution < 1.29 is 9.15 Å². The lowest BCUT2D eigenvalue weighted by molar-refractivity contribution is 0.363. The van der Waals surface area contributed by atoms with Gasteiger partial charge in [0.05, 0.1) is 0 Å². The summed E-state index contributed by atoms with van der Waals surface area (Å²) < 4.78 is 10.6. The van der Waals surface area contributed by atoms with Crippen LogP contribution in [0, 0.1) is 0 Å². The molecule has 0 N–H and O–H groups in total. The summed E-state index contributed by atoms with van der Waals surface area (Å²) in [6, 6.07) is 7.13.